The highest BCUT2D eigenvalue weighted by Crippen LogP contribution is 2.13. The standard InChI is InChI=1S/C17H30N4O2/c1-13(2)15-10-16(20(3)19-15)17(23)18-11-14(22)12-21-8-6-4-5-7-9-21/h10,13-14,22H,4-9,11-12H2,1-3H3,(H,18,23). The normalized spacial score (nSPS) is 18.0. The van der Waals surface area contributed by atoms with Crippen LogP contribution >= 0.6 is 0 Å². The molecular weight excluding hydrogens is 292 g/mol. The Morgan fingerprint density at radius 1 is 1.30 bits per heavy atom. The highest BCUT2D eigenvalue weighted by Gasteiger charge is 2.17. The number of likely N-dealkylation sites (tertiary alicyclic amines) is 1. The molecule has 1 saturated heterocycles. The minimum Gasteiger partial charge on any atom is -0.390 e. The summed E-state index contributed by atoms with van der Waals surface area (Å²) in [5.41, 5.74) is 1.44. The van der Waals surface area contributed by atoms with E-state index in [0.29, 0.717) is 12.2 Å². The van der Waals surface area contributed by atoms with Gasteiger partial charge in [-0.3, -0.25) is 9.48 Å². The van der Waals surface area contributed by atoms with Gasteiger partial charge in [-0.2, -0.15) is 5.10 Å². The number of carbonyl (C=O) groups excluding carboxylic acids is 1. The van der Waals surface area contributed by atoms with Crippen molar-refractivity contribution in [1.29, 1.82) is 0 Å². The van der Waals surface area contributed by atoms with Crippen LogP contribution in [0.25, 0.3) is 0 Å². The van der Waals surface area contributed by atoms with Gasteiger partial charge in [0.2, 0.25) is 0 Å². The lowest BCUT2D eigenvalue weighted by Gasteiger charge is -2.23. The van der Waals surface area contributed by atoms with Gasteiger partial charge in [0.25, 0.3) is 5.91 Å². The summed E-state index contributed by atoms with van der Waals surface area (Å²) in [4.78, 5) is 14.6. The molecule has 0 bridgehead atoms. The maximum absolute atomic E-state index is 12.3. The van der Waals surface area contributed by atoms with E-state index in [4.69, 9.17) is 0 Å². The summed E-state index contributed by atoms with van der Waals surface area (Å²) in [5, 5.41) is 17.3. The number of β-amino-alcohol motifs (C(OH)–C–C–N with tert-alkyl or cyclic N) is 1. The third-order valence-electron chi connectivity index (χ3n) is 4.39. The summed E-state index contributed by atoms with van der Waals surface area (Å²) in [6.45, 7) is 7.10. The topological polar surface area (TPSA) is 70.4 Å². The number of aliphatic hydroxyl groups excluding tert-OH is 1. The Balaban J connectivity index is 1.81. The zero-order valence-electron chi connectivity index (χ0n) is 14.6. The summed E-state index contributed by atoms with van der Waals surface area (Å²) >= 11 is 0. The van der Waals surface area contributed by atoms with Crippen LogP contribution in [0.1, 0.15) is 61.6 Å². The average Bonchev–Trinajstić information content (AvgIpc) is 2.72. The SMILES string of the molecule is CC(C)c1cc(C(=O)NCC(O)CN2CCCCCC2)n(C)n1. The Labute approximate surface area is 138 Å². The van der Waals surface area contributed by atoms with Gasteiger partial charge in [-0.05, 0) is 37.9 Å². The number of aromatic nitrogens is 2. The molecule has 6 heteroatoms. The van der Waals surface area contributed by atoms with Crippen LogP contribution in [0.15, 0.2) is 6.07 Å². The van der Waals surface area contributed by atoms with E-state index in [0.717, 1.165) is 18.8 Å². The van der Waals surface area contributed by atoms with E-state index >= 15 is 0 Å². The Morgan fingerprint density at radius 2 is 1.96 bits per heavy atom. The lowest BCUT2D eigenvalue weighted by Crippen LogP contribution is -2.40. The second-order valence-corrected chi connectivity index (χ2v) is 6.81. The van der Waals surface area contributed by atoms with Crippen LogP contribution < -0.4 is 5.32 Å². The Morgan fingerprint density at radius 3 is 2.52 bits per heavy atom. The van der Waals surface area contributed by atoms with Crippen LogP contribution in [-0.2, 0) is 7.05 Å². The van der Waals surface area contributed by atoms with Crippen molar-refractivity contribution in [3.8, 4) is 0 Å². The van der Waals surface area contributed by atoms with Crippen molar-refractivity contribution in [1.82, 2.24) is 20.0 Å². The van der Waals surface area contributed by atoms with Crippen LogP contribution in [0.2, 0.25) is 0 Å². The Bertz CT molecular complexity index is 505. The minimum absolute atomic E-state index is 0.179. The van der Waals surface area contributed by atoms with Gasteiger partial charge in [-0.1, -0.05) is 26.7 Å². The van der Waals surface area contributed by atoms with Gasteiger partial charge in [0, 0.05) is 20.1 Å². The van der Waals surface area contributed by atoms with Gasteiger partial charge in [0.15, 0.2) is 0 Å². The number of carbonyl (C=O) groups is 1. The molecule has 2 N–H and O–H groups in total. The summed E-state index contributed by atoms with van der Waals surface area (Å²) in [6.07, 6.45) is 4.43. The van der Waals surface area contributed by atoms with Crippen LogP contribution in [0.5, 0.6) is 0 Å². The van der Waals surface area contributed by atoms with E-state index in [1.807, 2.05) is 6.07 Å². The zero-order chi connectivity index (χ0) is 16.8. The molecule has 0 aromatic carbocycles. The quantitative estimate of drug-likeness (QED) is 0.833. The van der Waals surface area contributed by atoms with Gasteiger partial charge in [-0.25, -0.2) is 0 Å². The van der Waals surface area contributed by atoms with Crippen molar-refractivity contribution in [3.05, 3.63) is 17.5 Å². The number of amides is 1. The molecule has 23 heavy (non-hydrogen) atoms. The summed E-state index contributed by atoms with van der Waals surface area (Å²) < 4.78 is 1.60. The van der Waals surface area contributed by atoms with Gasteiger partial charge in [0.1, 0.15) is 5.69 Å². The molecule has 130 valence electrons. The molecule has 0 saturated carbocycles. The molecule has 1 aromatic heterocycles. The van der Waals surface area contributed by atoms with Crippen molar-refractivity contribution in [2.75, 3.05) is 26.2 Å². The van der Waals surface area contributed by atoms with Crippen LogP contribution in [0.3, 0.4) is 0 Å². The molecule has 2 heterocycles. The Hall–Kier alpha value is -1.40. The molecule has 1 fully saturated rings. The largest absolute Gasteiger partial charge is 0.390 e. The van der Waals surface area contributed by atoms with Crippen LogP contribution in [-0.4, -0.2) is 58.0 Å². The first-order chi connectivity index (χ1) is 11.0. The number of nitrogens with one attached hydrogen (secondary N) is 1. The molecule has 6 nitrogen and oxygen atoms in total. The third-order valence-corrected chi connectivity index (χ3v) is 4.39. The van der Waals surface area contributed by atoms with Gasteiger partial charge >= 0.3 is 0 Å². The van der Waals surface area contributed by atoms with E-state index in [1.54, 1.807) is 11.7 Å². The average molecular weight is 322 g/mol. The van der Waals surface area contributed by atoms with Crippen molar-refractivity contribution in [2.45, 2.75) is 51.6 Å². The second kappa shape index (κ2) is 8.45. The van der Waals surface area contributed by atoms with Gasteiger partial charge < -0.3 is 15.3 Å². The van der Waals surface area contributed by atoms with E-state index in [2.05, 4.69) is 29.2 Å². The lowest BCUT2D eigenvalue weighted by molar-refractivity contribution is 0.0854. The molecule has 1 amide bonds. The van der Waals surface area contributed by atoms with Gasteiger partial charge in [-0.15, -0.1) is 0 Å². The number of hydrogen-bond acceptors (Lipinski definition) is 4. The number of hydrogen-bond donors (Lipinski definition) is 2. The predicted molar refractivity (Wildman–Crippen MR) is 90.5 cm³/mol. The third kappa shape index (κ3) is 5.32. The number of aliphatic hydroxyl groups is 1. The molecule has 0 aliphatic carbocycles. The number of aryl methyl sites for hydroxylation is 1. The molecule has 1 aromatic rings. The summed E-state index contributed by atoms with van der Waals surface area (Å²) in [6, 6.07) is 1.82. The summed E-state index contributed by atoms with van der Waals surface area (Å²) in [7, 11) is 1.77. The highest BCUT2D eigenvalue weighted by atomic mass is 16.3. The number of nitrogens with zero attached hydrogens (tertiary/aromatic N) is 3. The highest BCUT2D eigenvalue weighted by molar-refractivity contribution is 5.92. The molecule has 1 atom stereocenters. The first-order valence-electron chi connectivity index (χ1n) is 8.70. The fraction of sp³-hybridized carbons (Fsp3) is 0.765. The molecule has 1 aliphatic heterocycles. The fourth-order valence-corrected chi connectivity index (χ4v) is 2.97. The van der Waals surface area contributed by atoms with Crippen molar-refractivity contribution in [3.63, 3.8) is 0 Å². The van der Waals surface area contributed by atoms with Gasteiger partial charge in [0.05, 0.1) is 11.8 Å². The molecule has 2 rings (SSSR count). The van der Waals surface area contributed by atoms with E-state index < -0.39 is 6.10 Å². The molecule has 1 aliphatic rings. The van der Waals surface area contributed by atoms with Crippen molar-refractivity contribution < 1.29 is 9.90 Å². The number of rotatable bonds is 6. The molecule has 0 radical (unpaired) electrons. The first-order valence-corrected chi connectivity index (χ1v) is 8.70. The van der Waals surface area contributed by atoms with E-state index in [-0.39, 0.29) is 18.4 Å². The van der Waals surface area contributed by atoms with Crippen LogP contribution in [0.4, 0.5) is 0 Å². The Kier molecular flexibility index (Phi) is 6.59. The maximum Gasteiger partial charge on any atom is 0.269 e. The fourth-order valence-electron chi connectivity index (χ4n) is 2.97. The molecular formula is C17H30N4O2. The monoisotopic (exact) mass is 322 g/mol. The van der Waals surface area contributed by atoms with Crippen LogP contribution in [0, 0.1) is 0 Å². The predicted octanol–water partition coefficient (Wildman–Crippen LogP) is 1.51. The maximum atomic E-state index is 12.3. The second-order valence-electron chi connectivity index (χ2n) is 6.81. The zero-order valence-corrected chi connectivity index (χ0v) is 14.6. The molecule has 0 spiro atoms. The smallest absolute Gasteiger partial charge is 0.269 e. The van der Waals surface area contributed by atoms with E-state index in [1.165, 1.54) is 25.7 Å². The van der Waals surface area contributed by atoms with Crippen molar-refractivity contribution in [2.24, 2.45) is 7.05 Å². The van der Waals surface area contributed by atoms with E-state index in [9.17, 15) is 9.90 Å². The lowest BCUT2D eigenvalue weighted by atomic mass is 10.1. The van der Waals surface area contributed by atoms with Crippen molar-refractivity contribution >= 4 is 5.91 Å². The minimum atomic E-state index is -0.533. The molecule has 1 unspecified atom stereocenters. The summed E-state index contributed by atoms with van der Waals surface area (Å²) in [5.74, 6) is 0.109. The first kappa shape index (κ1) is 17.9.